The van der Waals surface area contributed by atoms with Gasteiger partial charge in [0.15, 0.2) is 5.82 Å². The summed E-state index contributed by atoms with van der Waals surface area (Å²) in [6.45, 7) is 4.77. The molecule has 0 aromatic carbocycles. The lowest BCUT2D eigenvalue weighted by molar-refractivity contribution is 0.0940. The van der Waals surface area contributed by atoms with Crippen LogP contribution in [0.4, 0.5) is 5.82 Å². The highest BCUT2D eigenvalue weighted by Crippen LogP contribution is 2.24. The third-order valence-corrected chi connectivity index (χ3v) is 5.48. The van der Waals surface area contributed by atoms with Gasteiger partial charge in [-0.05, 0) is 44.5 Å². The summed E-state index contributed by atoms with van der Waals surface area (Å²) in [6, 6.07) is 6.11. The zero-order valence-electron chi connectivity index (χ0n) is 15.7. The van der Waals surface area contributed by atoms with E-state index in [1.165, 1.54) is 18.4 Å². The van der Waals surface area contributed by atoms with Gasteiger partial charge in [0.05, 0.1) is 12.3 Å². The van der Waals surface area contributed by atoms with E-state index in [9.17, 15) is 5.11 Å². The number of piperidine rings is 1. The molecule has 7 heteroatoms. The molecule has 0 radical (unpaired) electrons. The number of aliphatic hydroxyl groups is 1. The smallest absolute Gasteiger partial charge is 0.180 e. The Morgan fingerprint density at radius 2 is 2.22 bits per heavy atom. The van der Waals surface area contributed by atoms with Crippen molar-refractivity contribution < 1.29 is 5.11 Å². The molecule has 0 bridgehead atoms. The number of aliphatic hydroxyl groups excluding tert-OH is 1. The summed E-state index contributed by atoms with van der Waals surface area (Å²) >= 11 is 0. The fourth-order valence-electron chi connectivity index (χ4n) is 3.99. The van der Waals surface area contributed by atoms with Crippen LogP contribution >= 0.6 is 0 Å². The molecule has 0 saturated carbocycles. The van der Waals surface area contributed by atoms with E-state index < -0.39 is 0 Å². The summed E-state index contributed by atoms with van der Waals surface area (Å²) in [5, 5.41) is 16.5. The lowest BCUT2D eigenvalue weighted by Crippen LogP contribution is -2.44. The van der Waals surface area contributed by atoms with Crippen molar-refractivity contribution in [3.05, 3.63) is 35.7 Å². The lowest BCUT2D eigenvalue weighted by Gasteiger charge is -2.34. The van der Waals surface area contributed by atoms with Gasteiger partial charge in [0, 0.05) is 37.4 Å². The van der Waals surface area contributed by atoms with Gasteiger partial charge in [-0.1, -0.05) is 12.5 Å². The maximum absolute atomic E-state index is 9.60. The molecule has 3 N–H and O–H groups in total. The number of likely N-dealkylation sites (tertiary alicyclic amines) is 1. The standard InChI is InChI=1S/C20H28N6O/c27-14-15-5-2-4-11-26(15)12-10-23-19-16-7-9-21-13-18(16)24-20(25-19)17-6-1-3-8-22-17/h1,3,6,8,15,21,27H,2,4-5,7,9-14H2,(H,23,24,25)/t15-/m0/s1. The summed E-state index contributed by atoms with van der Waals surface area (Å²) in [4.78, 5) is 16.3. The number of fused-ring (bicyclic) bond motifs is 1. The van der Waals surface area contributed by atoms with E-state index in [0.717, 1.165) is 62.8 Å². The van der Waals surface area contributed by atoms with Crippen molar-refractivity contribution in [2.75, 3.05) is 38.1 Å². The molecule has 0 unspecified atom stereocenters. The Bertz CT molecular complexity index is 754. The van der Waals surface area contributed by atoms with Crippen LogP contribution in [0.25, 0.3) is 11.5 Å². The van der Waals surface area contributed by atoms with Crippen LogP contribution in [0.5, 0.6) is 0 Å². The van der Waals surface area contributed by atoms with Gasteiger partial charge in [0.25, 0.3) is 0 Å². The van der Waals surface area contributed by atoms with Crippen molar-refractivity contribution in [1.82, 2.24) is 25.2 Å². The second-order valence-corrected chi connectivity index (χ2v) is 7.26. The highest BCUT2D eigenvalue weighted by atomic mass is 16.3. The Balaban J connectivity index is 1.51. The van der Waals surface area contributed by atoms with Gasteiger partial charge in [-0.3, -0.25) is 9.88 Å². The van der Waals surface area contributed by atoms with Crippen molar-refractivity contribution >= 4 is 5.82 Å². The van der Waals surface area contributed by atoms with Gasteiger partial charge >= 0.3 is 0 Å². The molecule has 27 heavy (non-hydrogen) atoms. The first-order valence-corrected chi connectivity index (χ1v) is 9.96. The highest BCUT2D eigenvalue weighted by molar-refractivity contribution is 5.57. The molecule has 4 rings (SSSR count). The van der Waals surface area contributed by atoms with Crippen LogP contribution in [0.2, 0.25) is 0 Å². The number of nitrogens with zero attached hydrogens (tertiary/aromatic N) is 4. The predicted molar refractivity (Wildman–Crippen MR) is 105 cm³/mol. The Morgan fingerprint density at radius 3 is 3.07 bits per heavy atom. The van der Waals surface area contributed by atoms with E-state index in [1.807, 2.05) is 18.2 Å². The number of pyridine rings is 1. The summed E-state index contributed by atoms with van der Waals surface area (Å²) in [6.07, 6.45) is 6.23. The Kier molecular flexibility index (Phi) is 5.91. The van der Waals surface area contributed by atoms with E-state index in [-0.39, 0.29) is 6.61 Å². The molecule has 1 fully saturated rings. The van der Waals surface area contributed by atoms with Crippen molar-refractivity contribution in [1.29, 1.82) is 0 Å². The number of rotatable bonds is 6. The topological polar surface area (TPSA) is 86.2 Å². The minimum Gasteiger partial charge on any atom is -0.395 e. The minimum absolute atomic E-state index is 0.248. The maximum Gasteiger partial charge on any atom is 0.180 e. The molecule has 1 saturated heterocycles. The zero-order chi connectivity index (χ0) is 18.5. The second-order valence-electron chi connectivity index (χ2n) is 7.26. The average Bonchev–Trinajstić information content (AvgIpc) is 2.74. The number of anilines is 1. The molecule has 1 atom stereocenters. The molecule has 2 aromatic rings. The molecule has 2 aliphatic heterocycles. The van der Waals surface area contributed by atoms with Gasteiger partial charge in [-0.2, -0.15) is 0 Å². The normalized spacial score (nSPS) is 20.3. The van der Waals surface area contributed by atoms with E-state index in [0.29, 0.717) is 11.9 Å². The van der Waals surface area contributed by atoms with Gasteiger partial charge in [0.2, 0.25) is 0 Å². The maximum atomic E-state index is 9.60. The molecule has 2 aromatic heterocycles. The molecular weight excluding hydrogens is 340 g/mol. The van der Waals surface area contributed by atoms with Crippen molar-refractivity contribution in [2.45, 2.75) is 38.3 Å². The Labute approximate surface area is 160 Å². The number of hydrogen-bond acceptors (Lipinski definition) is 7. The molecule has 0 aliphatic carbocycles. The van der Waals surface area contributed by atoms with Crippen molar-refractivity contribution in [3.63, 3.8) is 0 Å². The first-order chi connectivity index (χ1) is 13.3. The van der Waals surface area contributed by atoms with E-state index in [2.05, 4.69) is 20.5 Å². The monoisotopic (exact) mass is 368 g/mol. The molecular formula is C20H28N6O. The fourth-order valence-corrected chi connectivity index (χ4v) is 3.99. The largest absolute Gasteiger partial charge is 0.395 e. The van der Waals surface area contributed by atoms with Gasteiger partial charge in [-0.15, -0.1) is 0 Å². The molecule has 7 nitrogen and oxygen atoms in total. The zero-order valence-corrected chi connectivity index (χ0v) is 15.7. The first kappa shape index (κ1) is 18.3. The van der Waals surface area contributed by atoms with Crippen LogP contribution in [0.3, 0.4) is 0 Å². The third kappa shape index (κ3) is 4.26. The summed E-state index contributed by atoms with van der Waals surface area (Å²) in [5.41, 5.74) is 3.07. The van der Waals surface area contributed by atoms with Crippen LogP contribution < -0.4 is 10.6 Å². The molecule has 144 valence electrons. The number of aromatic nitrogens is 3. The lowest BCUT2D eigenvalue weighted by atomic mass is 10.0. The molecule has 0 amide bonds. The van der Waals surface area contributed by atoms with Crippen LogP contribution in [0, 0.1) is 0 Å². The molecule has 0 spiro atoms. The summed E-state index contributed by atoms with van der Waals surface area (Å²) < 4.78 is 0. The van der Waals surface area contributed by atoms with E-state index in [4.69, 9.17) is 9.97 Å². The third-order valence-electron chi connectivity index (χ3n) is 5.48. The number of nitrogens with one attached hydrogen (secondary N) is 2. The van der Waals surface area contributed by atoms with Gasteiger partial charge < -0.3 is 15.7 Å². The fraction of sp³-hybridized carbons (Fsp3) is 0.550. The highest BCUT2D eigenvalue weighted by Gasteiger charge is 2.22. The second kappa shape index (κ2) is 8.73. The van der Waals surface area contributed by atoms with E-state index >= 15 is 0 Å². The summed E-state index contributed by atoms with van der Waals surface area (Å²) in [5.74, 6) is 1.60. The average molecular weight is 368 g/mol. The number of hydrogen-bond donors (Lipinski definition) is 3. The van der Waals surface area contributed by atoms with Crippen molar-refractivity contribution in [2.24, 2.45) is 0 Å². The summed E-state index contributed by atoms with van der Waals surface area (Å²) in [7, 11) is 0. The predicted octanol–water partition coefficient (Wildman–Crippen LogP) is 1.44. The van der Waals surface area contributed by atoms with Crippen LogP contribution in [-0.4, -0.2) is 63.8 Å². The van der Waals surface area contributed by atoms with Crippen LogP contribution in [0.1, 0.15) is 30.5 Å². The Morgan fingerprint density at radius 1 is 1.26 bits per heavy atom. The SMILES string of the molecule is OC[C@@H]1CCCCN1CCNc1nc(-c2ccccn2)nc2c1CCNC2. The minimum atomic E-state index is 0.248. The van der Waals surface area contributed by atoms with Gasteiger partial charge in [-0.25, -0.2) is 9.97 Å². The van der Waals surface area contributed by atoms with Crippen LogP contribution in [-0.2, 0) is 13.0 Å². The van der Waals surface area contributed by atoms with Crippen LogP contribution in [0.15, 0.2) is 24.4 Å². The van der Waals surface area contributed by atoms with Crippen molar-refractivity contribution in [3.8, 4) is 11.5 Å². The quantitative estimate of drug-likeness (QED) is 0.711. The molecule has 2 aliphatic rings. The van der Waals surface area contributed by atoms with Gasteiger partial charge in [0.1, 0.15) is 11.5 Å². The first-order valence-electron chi connectivity index (χ1n) is 9.96. The molecule has 4 heterocycles. The van der Waals surface area contributed by atoms with E-state index in [1.54, 1.807) is 6.20 Å². The Hall–Kier alpha value is -2.09.